The van der Waals surface area contributed by atoms with E-state index in [-0.39, 0.29) is 0 Å². The van der Waals surface area contributed by atoms with Gasteiger partial charge in [-0.25, -0.2) is 0 Å². The van der Waals surface area contributed by atoms with Crippen molar-refractivity contribution in [1.29, 1.82) is 0 Å². The number of hydrogen-bond acceptors (Lipinski definition) is 3. The van der Waals surface area contributed by atoms with Gasteiger partial charge in [-0.15, -0.1) is 0 Å². The van der Waals surface area contributed by atoms with Crippen LogP contribution < -0.4 is 14.5 Å². The Balaban J connectivity index is 1.91. The van der Waals surface area contributed by atoms with Crippen LogP contribution in [0.3, 0.4) is 0 Å². The molecule has 1 fully saturated rings. The molecule has 0 amide bonds. The van der Waals surface area contributed by atoms with Crippen molar-refractivity contribution in [2.24, 2.45) is 0 Å². The summed E-state index contributed by atoms with van der Waals surface area (Å²) in [7, 11) is 6.83. The van der Waals surface area contributed by atoms with Crippen LogP contribution in [-0.4, -0.2) is 42.7 Å². The summed E-state index contributed by atoms with van der Waals surface area (Å²) in [6.07, 6.45) is 3.62. The minimum absolute atomic E-state index is 1.10. The molecule has 0 unspecified atom stereocenters. The molecule has 20 heavy (non-hydrogen) atoms. The van der Waals surface area contributed by atoms with E-state index in [4.69, 9.17) is 9.30 Å². The van der Waals surface area contributed by atoms with E-state index in [1.165, 1.54) is 23.1 Å². The first-order valence-corrected chi connectivity index (χ1v) is 11.2. The first kappa shape index (κ1) is 16.5. The summed E-state index contributed by atoms with van der Waals surface area (Å²) in [4.78, 5) is 0. The van der Waals surface area contributed by atoms with Gasteiger partial charge in [0.15, 0.2) is 0 Å². The third kappa shape index (κ3) is 5.84. The first-order chi connectivity index (χ1) is 9.88. The summed E-state index contributed by atoms with van der Waals surface area (Å²) in [6, 6.07) is 10.6. The zero-order chi connectivity index (χ0) is 14.0. The van der Waals surface area contributed by atoms with Gasteiger partial charge in [-0.05, 0) is 0 Å². The van der Waals surface area contributed by atoms with Crippen LogP contribution in [0, 0.1) is 0 Å². The minimum atomic E-state index is -1.80. The van der Waals surface area contributed by atoms with Crippen LogP contribution in [0.5, 0.6) is 0 Å². The average Bonchev–Trinajstić information content (AvgIpc) is 2.48. The van der Waals surface area contributed by atoms with E-state index in [1.807, 2.05) is 0 Å². The fraction of sp³-hybridized carbons (Fsp3) is 0.600. The van der Waals surface area contributed by atoms with Crippen LogP contribution in [0.25, 0.3) is 0 Å². The van der Waals surface area contributed by atoms with Gasteiger partial charge in [0.1, 0.15) is 0 Å². The predicted octanol–water partition coefficient (Wildman–Crippen LogP) is 1.66. The van der Waals surface area contributed by atoms with Gasteiger partial charge < -0.3 is 0 Å². The number of nitrogens with zero attached hydrogens (tertiary/aromatic N) is 1. The molecule has 1 saturated heterocycles. The Labute approximate surface area is 133 Å². The van der Waals surface area contributed by atoms with Crippen LogP contribution in [0.1, 0.15) is 19.3 Å². The first-order valence-electron chi connectivity index (χ1n) is 7.62. The molecule has 2 rings (SSSR count). The second-order valence-electron chi connectivity index (χ2n) is 5.20. The Hall–Kier alpha value is 0.104. The molecule has 1 heterocycles. The number of halogens is 1. The summed E-state index contributed by atoms with van der Waals surface area (Å²) in [5.41, 5.74) is 0. The van der Waals surface area contributed by atoms with Crippen molar-refractivity contribution in [1.82, 2.24) is 14.0 Å². The van der Waals surface area contributed by atoms with E-state index >= 15 is 0 Å². The Kier molecular flexibility index (Phi) is 8.18. The summed E-state index contributed by atoms with van der Waals surface area (Å²) in [5.74, 6) is 0. The van der Waals surface area contributed by atoms with E-state index in [0.717, 1.165) is 39.3 Å². The van der Waals surface area contributed by atoms with E-state index in [1.54, 1.807) is 0 Å². The maximum absolute atomic E-state index is 6.83. The second kappa shape index (κ2) is 9.94. The van der Waals surface area contributed by atoms with Gasteiger partial charge >= 0.3 is 133 Å². The molecule has 0 spiro atoms. The zero-order valence-corrected chi connectivity index (χ0v) is 14.4. The normalized spacial score (nSPS) is 19.9. The van der Waals surface area contributed by atoms with Crippen LogP contribution in [-0.2, 0) is 17.1 Å². The summed E-state index contributed by atoms with van der Waals surface area (Å²) < 4.78 is 3.92. The Morgan fingerprint density at radius 3 is 2.00 bits per heavy atom. The maximum atomic E-state index is 6.83. The molecule has 111 valence electrons. The van der Waals surface area contributed by atoms with Gasteiger partial charge in [0.05, 0.1) is 0 Å². The number of rotatable bonds is 2. The van der Waals surface area contributed by atoms with Crippen molar-refractivity contribution in [3.8, 4) is 0 Å². The predicted molar refractivity (Wildman–Crippen MR) is 83.1 cm³/mol. The van der Waals surface area contributed by atoms with Crippen molar-refractivity contribution in [2.75, 3.05) is 39.3 Å². The van der Waals surface area contributed by atoms with Crippen LogP contribution in [0.2, 0.25) is 0 Å². The molecule has 1 aromatic rings. The Morgan fingerprint density at radius 1 is 0.850 bits per heavy atom. The SMILES string of the molecule is [Cl][Ti]([c]1ccccc1)[N]1CCCNCCCNCCC1. The number of hydrogen-bond donors (Lipinski definition) is 2. The average molecular weight is 331 g/mol. The van der Waals surface area contributed by atoms with Gasteiger partial charge in [0.25, 0.3) is 0 Å². The standard InChI is InChI=1S/C9H20N3.C6H5.ClH.Ti/c1-4-10-6-2-8-12-9-3-7-11-5-1;1-2-4-6-5-3-1;;/h10-11H,1-9H2;1-5H;1H;/q-1;;;+2/p-1. The van der Waals surface area contributed by atoms with E-state index in [0.29, 0.717) is 0 Å². The van der Waals surface area contributed by atoms with Crippen LogP contribution in [0.4, 0.5) is 0 Å². The van der Waals surface area contributed by atoms with Crippen molar-refractivity contribution in [3.63, 3.8) is 0 Å². The van der Waals surface area contributed by atoms with Crippen molar-refractivity contribution < 1.29 is 17.1 Å². The van der Waals surface area contributed by atoms with Crippen LogP contribution in [0.15, 0.2) is 30.3 Å². The molecule has 0 bridgehead atoms. The third-order valence-electron chi connectivity index (χ3n) is 3.56. The van der Waals surface area contributed by atoms with Gasteiger partial charge in [-0.2, -0.15) is 0 Å². The van der Waals surface area contributed by atoms with Gasteiger partial charge in [0.2, 0.25) is 0 Å². The molecule has 2 N–H and O–H groups in total. The summed E-state index contributed by atoms with van der Waals surface area (Å²) in [6.45, 7) is 6.70. The van der Waals surface area contributed by atoms with E-state index < -0.39 is 17.1 Å². The Bertz CT molecular complexity index is 351. The van der Waals surface area contributed by atoms with Crippen LogP contribution >= 0.6 is 9.30 Å². The second-order valence-corrected chi connectivity index (χ2v) is 9.48. The van der Waals surface area contributed by atoms with Crippen molar-refractivity contribution in [3.05, 3.63) is 30.3 Å². The van der Waals surface area contributed by atoms with Gasteiger partial charge in [-0.3, -0.25) is 0 Å². The molecule has 0 saturated carbocycles. The molecule has 1 aromatic carbocycles. The summed E-state index contributed by atoms with van der Waals surface area (Å²) >= 11 is -1.80. The molecule has 1 aliphatic heterocycles. The molecule has 1 aliphatic rings. The molecule has 0 aliphatic carbocycles. The number of nitrogens with one attached hydrogen (secondary N) is 2. The topological polar surface area (TPSA) is 27.3 Å². The fourth-order valence-electron chi connectivity index (χ4n) is 2.44. The third-order valence-corrected chi connectivity index (χ3v) is 8.28. The van der Waals surface area contributed by atoms with Crippen molar-refractivity contribution >= 4 is 13.2 Å². The number of benzene rings is 1. The molecule has 5 heteroatoms. The van der Waals surface area contributed by atoms with Crippen molar-refractivity contribution in [2.45, 2.75) is 19.3 Å². The molecular weight excluding hydrogens is 306 g/mol. The molecule has 0 atom stereocenters. The monoisotopic (exact) mass is 330 g/mol. The molecule has 0 radical (unpaired) electrons. The van der Waals surface area contributed by atoms with Gasteiger partial charge in [0, 0.05) is 0 Å². The van der Waals surface area contributed by atoms with E-state index in [2.05, 4.69) is 44.3 Å². The molecular formula is C15H25ClN3Ti. The summed E-state index contributed by atoms with van der Waals surface area (Å²) in [5, 5.41) is 7.02. The zero-order valence-electron chi connectivity index (χ0n) is 12.1. The fourth-order valence-corrected chi connectivity index (χ4v) is 6.07. The molecule has 3 nitrogen and oxygen atoms in total. The van der Waals surface area contributed by atoms with Gasteiger partial charge in [-0.1, -0.05) is 0 Å². The quantitative estimate of drug-likeness (QED) is 0.808. The Morgan fingerprint density at radius 2 is 1.40 bits per heavy atom. The molecule has 0 aromatic heterocycles. The van der Waals surface area contributed by atoms with E-state index in [9.17, 15) is 0 Å².